The van der Waals surface area contributed by atoms with Gasteiger partial charge in [0.1, 0.15) is 6.61 Å². The Labute approximate surface area is 201 Å². The van der Waals surface area contributed by atoms with Gasteiger partial charge in [0.25, 0.3) is 0 Å². The van der Waals surface area contributed by atoms with Crippen LogP contribution in [0.3, 0.4) is 0 Å². The molecule has 33 heavy (non-hydrogen) atoms. The normalized spacial score (nSPS) is 11.2. The zero-order valence-electron chi connectivity index (χ0n) is 21.3. The second kappa shape index (κ2) is 29.3. The van der Waals surface area contributed by atoms with Gasteiger partial charge in [-0.05, 0) is 6.42 Å². The highest BCUT2D eigenvalue weighted by Gasteiger charge is 1.99. The van der Waals surface area contributed by atoms with Crippen molar-refractivity contribution in [2.24, 2.45) is 0 Å². The highest BCUT2D eigenvalue weighted by atomic mass is 16.6. The van der Waals surface area contributed by atoms with Crippen LogP contribution < -0.4 is 0 Å². The van der Waals surface area contributed by atoms with Gasteiger partial charge in [-0.2, -0.15) is 0 Å². The van der Waals surface area contributed by atoms with Gasteiger partial charge >= 0.3 is 5.97 Å². The summed E-state index contributed by atoms with van der Waals surface area (Å²) in [5.74, 6) is -0.392. The minimum absolute atomic E-state index is 0.0517. The number of hydrogen-bond acceptors (Lipinski definition) is 8. The van der Waals surface area contributed by atoms with Crippen LogP contribution in [0.1, 0.15) is 71.1 Å². The van der Waals surface area contributed by atoms with Crippen LogP contribution in [0.5, 0.6) is 0 Å². The predicted molar refractivity (Wildman–Crippen MR) is 129 cm³/mol. The Bertz CT molecular complexity index is 381. The van der Waals surface area contributed by atoms with E-state index in [4.69, 9.17) is 28.4 Å². The summed E-state index contributed by atoms with van der Waals surface area (Å²) in [5, 5.41) is 0. The van der Waals surface area contributed by atoms with E-state index >= 15 is 0 Å². The molecule has 0 radical (unpaired) electrons. The topological polar surface area (TPSA) is 81.7 Å². The van der Waals surface area contributed by atoms with E-state index in [9.17, 15) is 4.79 Å². The third-order valence-electron chi connectivity index (χ3n) is 4.95. The maximum absolute atomic E-state index is 10.8. The lowest BCUT2D eigenvalue weighted by atomic mass is 10.1. The Balaban J connectivity index is 3.02. The molecule has 0 aromatic rings. The number of carbonyl (C=O) groups excluding carboxylic acids is 1. The highest BCUT2D eigenvalue weighted by molar-refractivity contribution is 5.70. The molecular formula is C25H50O8. The molecule has 0 bridgehead atoms. The molecule has 0 spiro atoms. The fourth-order valence-electron chi connectivity index (χ4n) is 3.01. The van der Waals surface area contributed by atoms with E-state index in [1.54, 1.807) is 0 Å². The Kier molecular flexibility index (Phi) is 28.6. The van der Waals surface area contributed by atoms with Gasteiger partial charge in [-0.1, -0.05) is 64.7 Å². The summed E-state index contributed by atoms with van der Waals surface area (Å²) >= 11 is 0. The fraction of sp³-hybridized carbons (Fsp3) is 0.960. The minimum Gasteiger partial charge on any atom is -0.467 e. The number of unbranched alkanes of at least 4 members (excludes halogenated alkanes) is 9. The monoisotopic (exact) mass is 478 g/mol. The molecule has 0 fully saturated rings. The number of ether oxygens (including phenoxy) is 7. The molecule has 0 heterocycles. The summed E-state index contributed by atoms with van der Waals surface area (Å²) in [6.07, 6.45) is 13.4. The van der Waals surface area contributed by atoms with Gasteiger partial charge < -0.3 is 33.2 Å². The van der Waals surface area contributed by atoms with Crippen LogP contribution in [-0.2, 0) is 38.0 Å². The van der Waals surface area contributed by atoms with Gasteiger partial charge in [-0.25, -0.2) is 4.79 Å². The van der Waals surface area contributed by atoms with E-state index < -0.39 is 5.97 Å². The smallest absolute Gasteiger partial charge is 0.331 e. The quantitative estimate of drug-likeness (QED) is 0.122. The molecule has 8 nitrogen and oxygen atoms in total. The summed E-state index contributed by atoms with van der Waals surface area (Å²) in [7, 11) is 1.33. The SMILES string of the molecule is CCCCCCCCCCCCOCCOCCOCCOCCOCCOCC(=O)OC. The van der Waals surface area contributed by atoms with Crippen molar-refractivity contribution in [3.05, 3.63) is 0 Å². The van der Waals surface area contributed by atoms with Crippen LogP contribution >= 0.6 is 0 Å². The number of esters is 1. The summed E-state index contributed by atoms with van der Waals surface area (Å²) in [6, 6.07) is 0. The Morgan fingerprint density at radius 2 is 0.788 bits per heavy atom. The van der Waals surface area contributed by atoms with Crippen LogP contribution in [0.2, 0.25) is 0 Å². The molecule has 0 aliphatic heterocycles. The van der Waals surface area contributed by atoms with Gasteiger partial charge in [-0.15, -0.1) is 0 Å². The summed E-state index contributed by atoms with van der Waals surface area (Å²) < 4.78 is 36.8. The molecular weight excluding hydrogens is 428 g/mol. The van der Waals surface area contributed by atoms with E-state index in [-0.39, 0.29) is 6.61 Å². The number of rotatable bonds is 28. The maximum atomic E-state index is 10.8. The first-order valence-corrected chi connectivity index (χ1v) is 12.8. The summed E-state index contributed by atoms with van der Waals surface area (Å²) in [5.41, 5.74) is 0. The number of methoxy groups -OCH3 is 1. The van der Waals surface area contributed by atoms with Gasteiger partial charge in [0.15, 0.2) is 0 Å². The molecule has 0 aromatic carbocycles. The van der Waals surface area contributed by atoms with E-state index in [2.05, 4.69) is 11.7 Å². The van der Waals surface area contributed by atoms with Crippen molar-refractivity contribution in [2.45, 2.75) is 71.1 Å². The lowest BCUT2D eigenvalue weighted by Gasteiger charge is -2.08. The molecule has 0 aromatic heterocycles. The van der Waals surface area contributed by atoms with Gasteiger partial charge in [0.05, 0.1) is 73.2 Å². The summed E-state index contributed by atoms with van der Waals surface area (Å²) in [4.78, 5) is 10.8. The van der Waals surface area contributed by atoms with E-state index in [1.807, 2.05) is 0 Å². The first kappa shape index (κ1) is 32.2. The second-order valence-corrected chi connectivity index (χ2v) is 7.87. The van der Waals surface area contributed by atoms with Crippen LogP contribution in [0, 0.1) is 0 Å². The van der Waals surface area contributed by atoms with E-state index in [0.717, 1.165) is 13.0 Å². The van der Waals surface area contributed by atoms with Crippen molar-refractivity contribution < 1.29 is 38.0 Å². The van der Waals surface area contributed by atoms with Crippen molar-refractivity contribution in [3.8, 4) is 0 Å². The van der Waals surface area contributed by atoms with Crippen LogP contribution in [0.4, 0.5) is 0 Å². The van der Waals surface area contributed by atoms with Crippen molar-refractivity contribution >= 4 is 5.97 Å². The first-order chi connectivity index (χ1) is 16.3. The molecule has 0 aliphatic carbocycles. The second-order valence-electron chi connectivity index (χ2n) is 7.87. The maximum Gasteiger partial charge on any atom is 0.331 e. The van der Waals surface area contributed by atoms with Gasteiger partial charge in [-0.3, -0.25) is 0 Å². The lowest BCUT2D eigenvalue weighted by Crippen LogP contribution is -2.15. The molecule has 8 heteroatoms. The molecule has 0 saturated carbocycles. The third kappa shape index (κ3) is 29.2. The molecule has 0 amide bonds. The first-order valence-electron chi connectivity index (χ1n) is 12.8. The number of carbonyl (C=O) groups is 1. The number of hydrogen-bond donors (Lipinski definition) is 0. The highest BCUT2D eigenvalue weighted by Crippen LogP contribution is 2.10. The van der Waals surface area contributed by atoms with E-state index in [0.29, 0.717) is 66.1 Å². The molecule has 0 unspecified atom stereocenters. The Morgan fingerprint density at radius 1 is 0.455 bits per heavy atom. The standard InChI is InChI=1S/C25H50O8/c1-3-4-5-6-7-8-9-10-11-12-13-28-14-15-29-16-17-30-18-19-31-20-21-32-22-23-33-24-25(26)27-2/h3-24H2,1-2H3. The third-order valence-corrected chi connectivity index (χ3v) is 4.95. The molecule has 0 aliphatic rings. The zero-order chi connectivity index (χ0) is 24.1. The minimum atomic E-state index is -0.392. The van der Waals surface area contributed by atoms with Gasteiger partial charge in [0, 0.05) is 6.61 Å². The zero-order valence-corrected chi connectivity index (χ0v) is 21.3. The molecule has 198 valence electrons. The van der Waals surface area contributed by atoms with Crippen LogP contribution in [0.25, 0.3) is 0 Å². The van der Waals surface area contributed by atoms with Crippen molar-refractivity contribution in [1.29, 1.82) is 0 Å². The van der Waals surface area contributed by atoms with Crippen molar-refractivity contribution in [3.63, 3.8) is 0 Å². The summed E-state index contributed by atoms with van der Waals surface area (Å²) in [6.45, 7) is 8.20. The molecule has 0 rings (SSSR count). The van der Waals surface area contributed by atoms with Crippen LogP contribution in [-0.4, -0.2) is 92.4 Å². The average molecular weight is 479 g/mol. The van der Waals surface area contributed by atoms with Crippen molar-refractivity contribution in [2.75, 3.05) is 86.4 Å². The average Bonchev–Trinajstić information content (AvgIpc) is 2.83. The van der Waals surface area contributed by atoms with Crippen molar-refractivity contribution in [1.82, 2.24) is 0 Å². The van der Waals surface area contributed by atoms with E-state index in [1.165, 1.54) is 64.9 Å². The molecule has 0 atom stereocenters. The molecule has 0 saturated heterocycles. The Morgan fingerprint density at radius 3 is 1.18 bits per heavy atom. The molecule has 0 N–H and O–H groups in total. The fourth-order valence-corrected chi connectivity index (χ4v) is 3.01. The Hall–Kier alpha value is -0.770. The largest absolute Gasteiger partial charge is 0.467 e. The predicted octanol–water partition coefficient (Wildman–Crippen LogP) is 4.18. The van der Waals surface area contributed by atoms with Crippen LogP contribution in [0.15, 0.2) is 0 Å². The lowest BCUT2D eigenvalue weighted by molar-refractivity contribution is -0.146. The van der Waals surface area contributed by atoms with Gasteiger partial charge in [0.2, 0.25) is 0 Å².